The predicted molar refractivity (Wildman–Crippen MR) is 77.4 cm³/mol. The van der Waals surface area contributed by atoms with Crippen molar-refractivity contribution < 1.29 is 9.16 Å². The molecule has 0 N–H and O–H groups in total. The first-order valence-electron chi connectivity index (χ1n) is 6.36. The van der Waals surface area contributed by atoms with Gasteiger partial charge in [-0.15, -0.1) is 0 Å². The van der Waals surface area contributed by atoms with Crippen LogP contribution in [0.2, 0.25) is 16.6 Å². The van der Waals surface area contributed by atoms with Crippen molar-refractivity contribution in [1.82, 2.24) is 0 Å². The topological polar surface area (TPSA) is 18.5 Å². The SMILES string of the molecule is C=C(/C=C/OC)O[Si](C(C)C)(C(C)C)C(C)C. The summed E-state index contributed by atoms with van der Waals surface area (Å²) in [5, 5.41) is 0. The van der Waals surface area contributed by atoms with E-state index in [1.807, 2.05) is 0 Å². The average Bonchev–Trinajstić information content (AvgIpc) is 2.21. The van der Waals surface area contributed by atoms with Crippen molar-refractivity contribution >= 4 is 8.32 Å². The van der Waals surface area contributed by atoms with Crippen molar-refractivity contribution in [3.63, 3.8) is 0 Å². The minimum Gasteiger partial charge on any atom is -0.543 e. The molecule has 0 aliphatic rings. The Morgan fingerprint density at radius 3 is 1.71 bits per heavy atom. The maximum Gasteiger partial charge on any atom is 0.258 e. The standard InChI is InChI=1S/C14H28O2Si/c1-11(2)17(12(3)4,13(5)6)16-14(7)9-10-15-8/h9-13H,7H2,1-6,8H3/b10-9+. The van der Waals surface area contributed by atoms with Crippen LogP contribution in [0.25, 0.3) is 0 Å². The quantitative estimate of drug-likeness (QED) is 0.368. The lowest BCUT2D eigenvalue weighted by atomic mass is 10.5. The van der Waals surface area contributed by atoms with E-state index in [-0.39, 0.29) is 0 Å². The molecular formula is C14H28O2Si. The molecule has 0 aromatic rings. The van der Waals surface area contributed by atoms with Crippen molar-refractivity contribution in [2.24, 2.45) is 0 Å². The Bertz CT molecular complexity index is 246. The molecule has 0 aliphatic heterocycles. The summed E-state index contributed by atoms with van der Waals surface area (Å²) < 4.78 is 11.2. The van der Waals surface area contributed by atoms with E-state index >= 15 is 0 Å². The second-order valence-corrected chi connectivity index (χ2v) is 10.8. The highest BCUT2D eigenvalue weighted by molar-refractivity contribution is 6.77. The molecule has 0 aromatic heterocycles. The third-order valence-corrected chi connectivity index (χ3v) is 9.43. The molecule has 0 unspecified atom stereocenters. The first-order valence-corrected chi connectivity index (χ1v) is 8.50. The Morgan fingerprint density at radius 2 is 1.41 bits per heavy atom. The highest BCUT2D eigenvalue weighted by Gasteiger charge is 2.46. The molecule has 0 amide bonds. The smallest absolute Gasteiger partial charge is 0.258 e. The summed E-state index contributed by atoms with van der Waals surface area (Å²) in [5.41, 5.74) is 1.69. The molecule has 3 heteroatoms. The Hall–Kier alpha value is -0.703. The minimum absolute atomic E-state index is 0.565. The van der Waals surface area contributed by atoms with Crippen LogP contribution in [0.5, 0.6) is 0 Å². The van der Waals surface area contributed by atoms with Crippen molar-refractivity contribution in [3.8, 4) is 0 Å². The largest absolute Gasteiger partial charge is 0.543 e. The van der Waals surface area contributed by atoms with E-state index in [2.05, 4.69) is 48.1 Å². The van der Waals surface area contributed by atoms with Gasteiger partial charge < -0.3 is 9.16 Å². The summed E-state index contributed by atoms with van der Waals surface area (Å²) in [5.74, 6) is 0.717. The number of hydrogen-bond acceptors (Lipinski definition) is 2. The van der Waals surface area contributed by atoms with Crippen molar-refractivity contribution in [2.75, 3.05) is 7.11 Å². The summed E-state index contributed by atoms with van der Waals surface area (Å²) in [6, 6.07) is 0. The van der Waals surface area contributed by atoms with Crippen LogP contribution in [0.15, 0.2) is 24.7 Å². The Morgan fingerprint density at radius 1 is 1.00 bits per heavy atom. The molecule has 0 rings (SSSR count). The second kappa shape index (κ2) is 6.89. The first kappa shape index (κ1) is 16.3. The molecule has 0 aliphatic carbocycles. The van der Waals surface area contributed by atoms with Gasteiger partial charge in [0, 0.05) is 6.08 Å². The van der Waals surface area contributed by atoms with Crippen LogP contribution in [-0.4, -0.2) is 15.4 Å². The zero-order valence-electron chi connectivity index (χ0n) is 12.4. The third-order valence-electron chi connectivity index (χ3n) is 3.40. The molecule has 0 fully saturated rings. The van der Waals surface area contributed by atoms with Crippen LogP contribution in [0, 0.1) is 0 Å². The van der Waals surface area contributed by atoms with Crippen molar-refractivity contribution in [2.45, 2.75) is 58.2 Å². The molecule has 0 radical (unpaired) electrons. The van der Waals surface area contributed by atoms with Crippen LogP contribution in [0.4, 0.5) is 0 Å². The lowest BCUT2D eigenvalue weighted by Gasteiger charge is -2.42. The van der Waals surface area contributed by atoms with Crippen molar-refractivity contribution in [1.29, 1.82) is 0 Å². The molecule has 0 bridgehead atoms. The number of rotatable bonds is 7. The molecule has 100 valence electrons. The van der Waals surface area contributed by atoms with Crippen LogP contribution in [-0.2, 0) is 9.16 Å². The maximum atomic E-state index is 6.30. The van der Waals surface area contributed by atoms with Gasteiger partial charge in [0.05, 0.1) is 19.1 Å². The number of ether oxygens (including phenoxy) is 1. The predicted octanol–water partition coefficient (Wildman–Crippen LogP) is 4.85. The van der Waals surface area contributed by atoms with Gasteiger partial charge in [-0.2, -0.15) is 0 Å². The van der Waals surface area contributed by atoms with Gasteiger partial charge in [-0.25, -0.2) is 0 Å². The fraction of sp³-hybridized carbons (Fsp3) is 0.714. The zero-order chi connectivity index (χ0) is 13.6. The molecule has 0 spiro atoms. The monoisotopic (exact) mass is 256 g/mol. The normalized spacial score (nSPS) is 12.8. The number of hydrogen-bond donors (Lipinski definition) is 0. The van der Waals surface area contributed by atoms with E-state index in [1.165, 1.54) is 0 Å². The molecular weight excluding hydrogens is 228 g/mol. The Labute approximate surface area is 108 Å². The molecule has 17 heavy (non-hydrogen) atoms. The molecule has 0 saturated carbocycles. The van der Waals surface area contributed by atoms with Gasteiger partial charge in [0.2, 0.25) is 0 Å². The maximum absolute atomic E-state index is 6.30. The van der Waals surface area contributed by atoms with E-state index in [1.54, 1.807) is 19.4 Å². The van der Waals surface area contributed by atoms with Gasteiger partial charge in [0.15, 0.2) is 0 Å². The van der Waals surface area contributed by atoms with Crippen molar-refractivity contribution in [3.05, 3.63) is 24.7 Å². The molecule has 0 atom stereocenters. The molecule has 2 nitrogen and oxygen atoms in total. The Balaban J connectivity index is 5.06. The highest BCUT2D eigenvalue weighted by Crippen LogP contribution is 2.43. The summed E-state index contributed by atoms with van der Waals surface area (Å²) in [6.45, 7) is 17.6. The van der Waals surface area contributed by atoms with Gasteiger partial charge in [-0.1, -0.05) is 48.1 Å². The van der Waals surface area contributed by atoms with E-state index in [0.29, 0.717) is 16.6 Å². The molecule has 0 aromatic carbocycles. The second-order valence-electron chi connectivity index (χ2n) is 5.42. The summed E-state index contributed by atoms with van der Waals surface area (Å²) in [4.78, 5) is 0. The van der Waals surface area contributed by atoms with E-state index in [4.69, 9.17) is 9.16 Å². The van der Waals surface area contributed by atoms with E-state index < -0.39 is 8.32 Å². The van der Waals surface area contributed by atoms with Gasteiger partial charge >= 0.3 is 0 Å². The third kappa shape index (κ3) is 3.91. The van der Waals surface area contributed by atoms with Crippen LogP contribution < -0.4 is 0 Å². The summed E-state index contributed by atoms with van der Waals surface area (Å²) >= 11 is 0. The van der Waals surface area contributed by atoms with Gasteiger partial charge in [0.25, 0.3) is 8.32 Å². The van der Waals surface area contributed by atoms with Gasteiger partial charge in [-0.3, -0.25) is 0 Å². The van der Waals surface area contributed by atoms with Gasteiger partial charge in [0.1, 0.15) is 0 Å². The van der Waals surface area contributed by atoms with Crippen LogP contribution >= 0.6 is 0 Å². The molecule has 0 heterocycles. The highest BCUT2D eigenvalue weighted by atomic mass is 28.4. The van der Waals surface area contributed by atoms with Crippen LogP contribution in [0.3, 0.4) is 0 Å². The zero-order valence-corrected chi connectivity index (χ0v) is 13.4. The summed E-state index contributed by atoms with van der Waals surface area (Å²) in [6.07, 6.45) is 3.41. The first-order chi connectivity index (χ1) is 7.78. The van der Waals surface area contributed by atoms with Gasteiger partial charge in [-0.05, 0) is 16.6 Å². The fourth-order valence-electron chi connectivity index (χ4n) is 2.76. The number of allylic oxidation sites excluding steroid dienone is 1. The van der Waals surface area contributed by atoms with Crippen LogP contribution in [0.1, 0.15) is 41.5 Å². The summed E-state index contributed by atoms with van der Waals surface area (Å²) in [7, 11) is -0.220. The van der Waals surface area contributed by atoms with E-state index in [9.17, 15) is 0 Å². The lowest BCUT2D eigenvalue weighted by molar-refractivity contribution is 0.331. The fourth-order valence-corrected chi connectivity index (χ4v) is 7.99. The molecule has 0 saturated heterocycles. The lowest BCUT2D eigenvalue weighted by Crippen LogP contribution is -2.47. The van der Waals surface area contributed by atoms with E-state index in [0.717, 1.165) is 5.76 Å². The number of methoxy groups -OCH3 is 1. The average molecular weight is 256 g/mol. The minimum atomic E-state index is -1.85. The Kier molecular flexibility index (Phi) is 6.61.